The van der Waals surface area contributed by atoms with E-state index in [0.29, 0.717) is 22.4 Å². The number of nitrogens with zero attached hydrogens (tertiary/aromatic N) is 1. The summed E-state index contributed by atoms with van der Waals surface area (Å²) in [6, 6.07) is 31.4. The Morgan fingerprint density at radius 3 is 2.41 bits per heavy atom. The summed E-state index contributed by atoms with van der Waals surface area (Å²) >= 11 is 0. The van der Waals surface area contributed by atoms with Gasteiger partial charge in [-0.25, -0.2) is 0 Å². The normalized spacial score (nSPS) is 14.8. The molecular formula is C37H31NO. The van der Waals surface area contributed by atoms with Gasteiger partial charge in [-0.15, -0.1) is 0 Å². The molecule has 0 fully saturated rings. The van der Waals surface area contributed by atoms with E-state index in [2.05, 4.69) is 47.4 Å². The number of aryl methyl sites for hydroxylation is 1. The Balaban J connectivity index is 1.42. The molecule has 2 heteroatoms. The summed E-state index contributed by atoms with van der Waals surface area (Å²) in [5.41, 5.74) is 3.97. The fourth-order valence-electron chi connectivity index (χ4n) is 5.60. The van der Waals surface area contributed by atoms with Crippen LogP contribution in [-0.4, -0.2) is 4.98 Å². The highest BCUT2D eigenvalue weighted by Crippen LogP contribution is 2.41. The molecule has 2 nitrogen and oxygen atoms in total. The van der Waals surface area contributed by atoms with Crippen LogP contribution in [0.4, 0.5) is 0 Å². The van der Waals surface area contributed by atoms with Gasteiger partial charge >= 0.3 is 0 Å². The molecule has 190 valence electrons. The average Bonchev–Trinajstić information content (AvgIpc) is 3.39. The Morgan fingerprint density at radius 2 is 1.54 bits per heavy atom. The average molecular weight is 511 g/mol. The number of hydrogen-bond donors (Lipinski definition) is 0. The lowest BCUT2D eigenvalue weighted by molar-refractivity contribution is 0.411. The largest absolute Gasteiger partial charge is 0.455 e. The molecule has 0 radical (unpaired) electrons. The van der Waals surface area contributed by atoms with Crippen LogP contribution in [0.2, 0.25) is 0 Å². The van der Waals surface area contributed by atoms with Crippen LogP contribution in [0.25, 0.3) is 65.9 Å². The molecule has 0 aliphatic carbocycles. The van der Waals surface area contributed by atoms with Crippen LogP contribution in [0.3, 0.4) is 0 Å². The second-order valence-electron chi connectivity index (χ2n) is 11.2. The molecular weight excluding hydrogens is 474 g/mol. The van der Waals surface area contributed by atoms with E-state index in [9.17, 15) is 0 Å². The molecule has 0 atom stereocenters. The molecule has 0 aliphatic heterocycles. The van der Waals surface area contributed by atoms with Crippen molar-refractivity contribution in [1.82, 2.24) is 4.98 Å². The van der Waals surface area contributed by atoms with Crippen LogP contribution in [0.15, 0.2) is 108 Å². The Labute approximate surface area is 236 Å². The summed E-state index contributed by atoms with van der Waals surface area (Å²) in [6.45, 7) is 3.00. The SMILES string of the molecule is [2H]C([2H])([2H])c1cc(C([2H])([2H])C(C)(C)C)ccc1-c1ccnc(-c2cccc3c2oc2c3ccc3ccc4ccccc4c32)c1. The van der Waals surface area contributed by atoms with Gasteiger partial charge in [-0.05, 0) is 81.3 Å². The van der Waals surface area contributed by atoms with Crippen LogP contribution in [0.1, 0.15) is 38.8 Å². The van der Waals surface area contributed by atoms with E-state index in [1.165, 1.54) is 6.07 Å². The number of para-hydroxylation sites is 1. The van der Waals surface area contributed by atoms with E-state index in [4.69, 9.17) is 11.3 Å². The van der Waals surface area contributed by atoms with Crippen molar-refractivity contribution in [1.29, 1.82) is 0 Å². The van der Waals surface area contributed by atoms with E-state index in [1.54, 1.807) is 24.4 Å². The predicted molar refractivity (Wildman–Crippen MR) is 165 cm³/mol. The van der Waals surface area contributed by atoms with Gasteiger partial charge in [0.15, 0.2) is 0 Å². The molecule has 2 heterocycles. The number of pyridine rings is 1. The van der Waals surface area contributed by atoms with E-state index in [-0.39, 0.29) is 5.56 Å². The predicted octanol–water partition coefficient (Wildman–Crippen LogP) is 10.5. The first-order valence-corrected chi connectivity index (χ1v) is 13.2. The highest BCUT2D eigenvalue weighted by atomic mass is 16.3. The van der Waals surface area contributed by atoms with Crippen LogP contribution < -0.4 is 0 Å². The molecule has 0 amide bonds. The second-order valence-corrected chi connectivity index (χ2v) is 11.2. The zero-order chi connectivity index (χ0) is 31.0. The number of aromatic nitrogens is 1. The summed E-state index contributed by atoms with van der Waals surface area (Å²) in [5.74, 6) is 0. The molecule has 0 aliphatic rings. The van der Waals surface area contributed by atoms with Gasteiger partial charge < -0.3 is 4.42 Å². The van der Waals surface area contributed by atoms with Crippen molar-refractivity contribution in [3.05, 3.63) is 114 Å². The number of furan rings is 1. The quantitative estimate of drug-likeness (QED) is 0.221. The maximum atomic E-state index is 8.72. The van der Waals surface area contributed by atoms with Gasteiger partial charge in [-0.1, -0.05) is 93.6 Å². The third-order valence-corrected chi connectivity index (χ3v) is 7.26. The van der Waals surface area contributed by atoms with Crippen LogP contribution in [0.5, 0.6) is 0 Å². The Hall–Kier alpha value is -4.43. The summed E-state index contributed by atoms with van der Waals surface area (Å²) in [7, 11) is 0. The smallest absolute Gasteiger partial charge is 0.144 e. The second kappa shape index (κ2) is 8.81. The maximum absolute atomic E-state index is 8.72. The van der Waals surface area contributed by atoms with Crippen molar-refractivity contribution in [2.75, 3.05) is 0 Å². The van der Waals surface area contributed by atoms with Crippen molar-refractivity contribution in [3.63, 3.8) is 0 Å². The van der Waals surface area contributed by atoms with Crippen molar-refractivity contribution >= 4 is 43.5 Å². The first kappa shape index (κ1) is 18.8. The molecule has 7 aromatic rings. The molecule has 0 unspecified atom stereocenters. The van der Waals surface area contributed by atoms with Crippen LogP contribution in [-0.2, 0) is 6.37 Å². The van der Waals surface area contributed by atoms with Gasteiger partial charge in [-0.2, -0.15) is 0 Å². The molecule has 0 saturated heterocycles. The summed E-state index contributed by atoms with van der Waals surface area (Å²) < 4.78 is 49.1. The molecule has 0 spiro atoms. The highest BCUT2D eigenvalue weighted by molar-refractivity contribution is 6.23. The number of hydrogen-bond acceptors (Lipinski definition) is 2. The van der Waals surface area contributed by atoms with Crippen LogP contribution >= 0.6 is 0 Å². The third-order valence-electron chi connectivity index (χ3n) is 7.26. The minimum absolute atomic E-state index is 0.112. The van der Waals surface area contributed by atoms with Crippen molar-refractivity contribution in [2.24, 2.45) is 5.41 Å². The van der Waals surface area contributed by atoms with Crippen molar-refractivity contribution in [2.45, 2.75) is 34.0 Å². The molecule has 5 aromatic carbocycles. The van der Waals surface area contributed by atoms with E-state index < -0.39 is 18.6 Å². The van der Waals surface area contributed by atoms with E-state index in [0.717, 1.165) is 49.0 Å². The molecule has 0 bridgehead atoms. The van der Waals surface area contributed by atoms with Gasteiger partial charge in [0.25, 0.3) is 0 Å². The van der Waals surface area contributed by atoms with Crippen LogP contribution in [0, 0.1) is 12.3 Å². The fraction of sp³-hybridized carbons (Fsp3) is 0.162. The summed E-state index contributed by atoms with van der Waals surface area (Å²) in [6.07, 6.45) is -0.0396. The minimum atomic E-state index is -2.44. The number of fused-ring (bicyclic) bond motifs is 7. The van der Waals surface area contributed by atoms with Gasteiger partial charge in [0.2, 0.25) is 0 Å². The summed E-state index contributed by atoms with van der Waals surface area (Å²) in [4.78, 5) is 4.69. The maximum Gasteiger partial charge on any atom is 0.144 e. The summed E-state index contributed by atoms with van der Waals surface area (Å²) in [5, 5.41) is 6.46. The highest BCUT2D eigenvalue weighted by Gasteiger charge is 2.17. The standard InChI is InChI=1S/C37H31NO/c1-23-20-24(22-37(2,3)4)12-16-28(23)27-18-19-38-33(21-27)32-11-7-10-30-31-17-15-26-14-13-25-8-5-6-9-29(25)34(26)36(31)39-35(30)32/h5-21H,22H2,1-4H3/i1D3,22D2. The van der Waals surface area contributed by atoms with E-state index >= 15 is 0 Å². The van der Waals surface area contributed by atoms with Gasteiger partial charge in [0.1, 0.15) is 11.2 Å². The molecule has 39 heavy (non-hydrogen) atoms. The lowest BCUT2D eigenvalue weighted by Gasteiger charge is -2.19. The molecule has 0 N–H and O–H groups in total. The lowest BCUT2D eigenvalue weighted by Crippen LogP contribution is -2.09. The molecule has 0 saturated carbocycles. The molecule has 2 aromatic heterocycles. The Kier molecular flexibility index (Phi) is 4.24. The Bertz CT molecular complexity index is 2240. The minimum Gasteiger partial charge on any atom is -0.455 e. The lowest BCUT2D eigenvalue weighted by atomic mass is 9.86. The van der Waals surface area contributed by atoms with Crippen molar-refractivity contribution < 1.29 is 11.3 Å². The Morgan fingerprint density at radius 1 is 0.744 bits per heavy atom. The zero-order valence-electron chi connectivity index (χ0n) is 27.2. The third kappa shape index (κ3) is 4.08. The molecule has 7 rings (SSSR count). The monoisotopic (exact) mass is 510 g/mol. The number of rotatable bonds is 3. The first-order chi connectivity index (χ1) is 20.8. The fourth-order valence-corrected chi connectivity index (χ4v) is 5.60. The van der Waals surface area contributed by atoms with Crippen molar-refractivity contribution in [3.8, 4) is 22.4 Å². The van der Waals surface area contributed by atoms with Gasteiger partial charge in [-0.3, -0.25) is 4.98 Å². The topological polar surface area (TPSA) is 26.0 Å². The first-order valence-electron chi connectivity index (χ1n) is 15.7. The van der Waals surface area contributed by atoms with E-state index in [1.807, 2.05) is 51.1 Å². The van der Waals surface area contributed by atoms with Gasteiger partial charge in [0.05, 0.1) is 5.69 Å². The van der Waals surface area contributed by atoms with Gasteiger partial charge in [0, 0.05) is 34.8 Å². The number of benzene rings is 5. The zero-order valence-corrected chi connectivity index (χ0v) is 22.2.